The van der Waals surface area contributed by atoms with E-state index in [0.717, 1.165) is 23.2 Å². The summed E-state index contributed by atoms with van der Waals surface area (Å²) in [7, 11) is 1.91. The molecule has 2 aromatic rings. The molecule has 0 bridgehead atoms. The quantitative estimate of drug-likeness (QED) is 0.922. The van der Waals surface area contributed by atoms with Gasteiger partial charge in [0.05, 0.1) is 6.10 Å². The van der Waals surface area contributed by atoms with Crippen molar-refractivity contribution < 1.29 is 5.11 Å². The van der Waals surface area contributed by atoms with E-state index >= 15 is 0 Å². The highest BCUT2D eigenvalue weighted by atomic mass is 35.5. The largest absolute Gasteiger partial charge is 0.388 e. The van der Waals surface area contributed by atoms with Gasteiger partial charge in [0.25, 0.3) is 0 Å². The molecular weight excluding hydrogens is 248 g/mol. The highest BCUT2D eigenvalue weighted by Gasteiger charge is 2.10. The van der Waals surface area contributed by atoms with Crippen molar-refractivity contribution in [2.75, 3.05) is 0 Å². The zero-order valence-electron chi connectivity index (χ0n) is 10.6. The van der Waals surface area contributed by atoms with Crippen molar-refractivity contribution in [2.24, 2.45) is 7.05 Å². The van der Waals surface area contributed by atoms with Crippen molar-refractivity contribution >= 4 is 11.6 Å². The molecular formula is C14H17ClN2O. The lowest BCUT2D eigenvalue weighted by Crippen LogP contribution is -2.03. The van der Waals surface area contributed by atoms with Crippen LogP contribution in [0.15, 0.2) is 30.5 Å². The van der Waals surface area contributed by atoms with Crippen molar-refractivity contribution in [3.8, 4) is 0 Å². The number of halogens is 1. The number of aromatic nitrogens is 2. The first-order valence-electron chi connectivity index (χ1n) is 5.99. The summed E-state index contributed by atoms with van der Waals surface area (Å²) < 4.78 is 1.83. The van der Waals surface area contributed by atoms with E-state index in [4.69, 9.17) is 11.6 Å². The van der Waals surface area contributed by atoms with Gasteiger partial charge in [0.2, 0.25) is 0 Å². The molecule has 18 heavy (non-hydrogen) atoms. The van der Waals surface area contributed by atoms with Crippen LogP contribution in [0.3, 0.4) is 0 Å². The van der Waals surface area contributed by atoms with Crippen LogP contribution in [-0.2, 0) is 13.5 Å². The Morgan fingerprint density at radius 3 is 2.78 bits per heavy atom. The minimum Gasteiger partial charge on any atom is -0.388 e. The van der Waals surface area contributed by atoms with Gasteiger partial charge in [0.1, 0.15) is 0 Å². The number of hydrogen-bond donors (Lipinski definition) is 1. The Bertz CT molecular complexity index is 536. The second-order valence-corrected chi connectivity index (χ2v) is 4.92. The van der Waals surface area contributed by atoms with Crippen LogP contribution in [0.25, 0.3) is 0 Å². The molecule has 1 unspecified atom stereocenters. The highest BCUT2D eigenvalue weighted by molar-refractivity contribution is 6.31. The fraction of sp³-hybridized carbons (Fsp3) is 0.357. The molecule has 1 atom stereocenters. The van der Waals surface area contributed by atoms with Gasteiger partial charge in [-0.15, -0.1) is 0 Å². The monoisotopic (exact) mass is 264 g/mol. The van der Waals surface area contributed by atoms with E-state index in [1.807, 2.05) is 42.9 Å². The first kappa shape index (κ1) is 13.1. The Kier molecular flexibility index (Phi) is 4.04. The average Bonchev–Trinajstić information content (AvgIpc) is 2.75. The van der Waals surface area contributed by atoms with Crippen molar-refractivity contribution in [2.45, 2.75) is 25.9 Å². The number of hydrogen-bond acceptors (Lipinski definition) is 2. The molecule has 0 saturated carbocycles. The fourth-order valence-electron chi connectivity index (χ4n) is 1.91. The molecule has 1 aromatic heterocycles. The average molecular weight is 265 g/mol. The fourth-order valence-corrected chi connectivity index (χ4v) is 2.10. The maximum absolute atomic E-state index is 10.1. The van der Waals surface area contributed by atoms with E-state index in [1.165, 1.54) is 0 Å². The summed E-state index contributed by atoms with van der Waals surface area (Å²) in [6.45, 7) is 1.95. The molecule has 2 rings (SSSR count). The molecule has 0 spiro atoms. The Hall–Kier alpha value is -1.32. The molecule has 0 aliphatic heterocycles. The normalized spacial score (nSPS) is 12.7. The molecule has 1 N–H and O–H groups in total. The Morgan fingerprint density at radius 2 is 2.17 bits per heavy atom. The van der Waals surface area contributed by atoms with Gasteiger partial charge in [0.15, 0.2) is 0 Å². The van der Waals surface area contributed by atoms with Crippen LogP contribution in [0.1, 0.15) is 29.3 Å². The van der Waals surface area contributed by atoms with Crippen LogP contribution in [0.5, 0.6) is 0 Å². The minimum absolute atomic E-state index is 0.488. The third-order valence-electron chi connectivity index (χ3n) is 3.18. The molecule has 4 heteroatoms. The molecule has 0 aliphatic carbocycles. The molecule has 1 heterocycles. The first-order chi connectivity index (χ1) is 8.58. The summed E-state index contributed by atoms with van der Waals surface area (Å²) in [5.74, 6) is 0. The zero-order valence-corrected chi connectivity index (χ0v) is 11.4. The van der Waals surface area contributed by atoms with E-state index < -0.39 is 6.10 Å². The van der Waals surface area contributed by atoms with E-state index in [1.54, 1.807) is 6.20 Å². The van der Waals surface area contributed by atoms with E-state index in [-0.39, 0.29) is 0 Å². The molecule has 3 nitrogen and oxygen atoms in total. The van der Waals surface area contributed by atoms with Gasteiger partial charge < -0.3 is 5.11 Å². The van der Waals surface area contributed by atoms with Crippen LogP contribution in [0.4, 0.5) is 0 Å². The van der Waals surface area contributed by atoms with Gasteiger partial charge in [-0.1, -0.05) is 23.7 Å². The molecule has 1 aromatic carbocycles. The predicted octanol–water partition coefficient (Wildman–Crippen LogP) is 3.05. The summed E-state index contributed by atoms with van der Waals surface area (Å²) >= 11 is 6.06. The third kappa shape index (κ3) is 2.92. The number of aliphatic hydroxyl groups excluding tert-OH is 1. The van der Waals surface area contributed by atoms with Crippen molar-refractivity contribution in [3.05, 3.63) is 52.3 Å². The van der Waals surface area contributed by atoms with Crippen LogP contribution in [-0.4, -0.2) is 14.9 Å². The van der Waals surface area contributed by atoms with Crippen LogP contribution in [0, 0.1) is 6.92 Å². The van der Waals surface area contributed by atoms with E-state index in [0.29, 0.717) is 11.4 Å². The molecule has 0 amide bonds. The van der Waals surface area contributed by atoms with Gasteiger partial charge >= 0.3 is 0 Å². The number of rotatable bonds is 4. The standard InChI is InChI=1S/C14H17ClN2O/c1-10-3-4-11(9-13(10)15)14(18)6-5-12-7-8-16-17(12)2/h3-4,7-9,14,18H,5-6H2,1-2H3. The molecule has 96 valence electrons. The molecule has 0 saturated heterocycles. The second-order valence-electron chi connectivity index (χ2n) is 4.51. The van der Waals surface area contributed by atoms with Crippen LogP contribution >= 0.6 is 11.6 Å². The van der Waals surface area contributed by atoms with Crippen LogP contribution in [0.2, 0.25) is 5.02 Å². The third-order valence-corrected chi connectivity index (χ3v) is 3.58. The van der Waals surface area contributed by atoms with E-state index in [2.05, 4.69) is 5.10 Å². The smallest absolute Gasteiger partial charge is 0.0794 e. The lowest BCUT2D eigenvalue weighted by atomic mass is 10.0. The maximum Gasteiger partial charge on any atom is 0.0794 e. The Labute approximate surface area is 112 Å². The number of aliphatic hydroxyl groups is 1. The van der Waals surface area contributed by atoms with Gasteiger partial charge in [-0.25, -0.2) is 0 Å². The Balaban J connectivity index is 2.01. The summed E-state index contributed by atoms with van der Waals surface area (Å²) in [4.78, 5) is 0. The summed E-state index contributed by atoms with van der Waals surface area (Å²) in [6, 6.07) is 7.67. The van der Waals surface area contributed by atoms with Crippen molar-refractivity contribution in [1.82, 2.24) is 9.78 Å². The second kappa shape index (κ2) is 5.55. The summed E-state index contributed by atoms with van der Waals surface area (Å²) in [5, 5.41) is 14.9. The lowest BCUT2D eigenvalue weighted by molar-refractivity contribution is 0.167. The molecule has 0 radical (unpaired) electrons. The number of nitrogens with zero attached hydrogens (tertiary/aromatic N) is 2. The first-order valence-corrected chi connectivity index (χ1v) is 6.36. The van der Waals surface area contributed by atoms with Gasteiger partial charge in [-0.2, -0.15) is 5.10 Å². The summed E-state index contributed by atoms with van der Waals surface area (Å²) in [6.07, 6.45) is 2.74. The molecule has 0 aliphatic rings. The highest BCUT2D eigenvalue weighted by Crippen LogP contribution is 2.24. The minimum atomic E-state index is -0.488. The van der Waals surface area contributed by atoms with Gasteiger partial charge in [-0.3, -0.25) is 4.68 Å². The number of benzene rings is 1. The Morgan fingerprint density at radius 1 is 1.39 bits per heavy atom. The summed E-state index contributed by atoms with van der Waals surface area (Å²) in [5.41, 5.74) is 3.01. The topological polar surface area (TPSA) is 38.1 Å². The SMILES string of the molecule is Cc1ccc(C(O)CCc2ccnn2C)cc1Cl. The zero-order chi connectivity index (χ0) is 13.1. The van der Waals surface area contributed by atoms with Gasteiger partial charge in [-0.05, 0) is 43.0 Å². The van der Waals surface area contributed by atoms with Crippen LogP contribution < -0.4 is 0 Å². The number of aryl methyl sites for hydroxylation is 3. The van der Waals surface area contributed by atoms with Crippen molar-refractivity contribution in [3.63, 3.8) is 0 Å². The molecule has 0 fully saturated rings. The van der Waals surface area contributed by atoms with Crippen molar-refractivity contribution in [1.29, 1.82) is 0 Å². The van der Waals surface area contributed by atoms with Gasteiger partial charge in [0, 0.05) is 24.0 Å². The van der Waals surface area contributed by atoms with E-state index in [9.17, 15) is 5.11 Å². The predicted molar refractivity (Wildman–Crippen MR) is 72.7 cm³/mol. The maximum atomic E-state index is 10.1. The lowest BCUT2D eigenvalue weighted by Gasteiger charge is -2.12.